The van der Waals surface area contributed by atoms with Gasteiger partial charge in [-0.1, -0.05) is 29.3 Å². The van der Waals surface area contributed by atoms with Crippen molar-refractivity contribution >= 4 is 44.6 Å². The van der Waals surface area contributed by atoms with Crippen LogP contribution in [0.4, 0.5) is 5.69 Å². The number of sulfone groups is 1. The van der Waals surface area contributed by atoms with Gasteiger partial charge >= 0.3 is 0 Å². The van der Waals surface area contributed by atoms with Crippen molar-refractivity contribution in [3.63, 3.8) is 0 Å². The number of rotatable bonds is 6. The summed E-state index contributed by atoms with van der Waals surface area (Å²) in [7, 11) is -3.03. The predicted molar refractivity (Wildman–Crippen MR) is 103 cm³/mol. The second-order valence-electron chi connectivity index (χ2n) is 6.77. The quantitative estimate of drug-likeness (QED) is 0.764. The molecular formula is C17H22Cl2N2O4S. The SMILES string of the molecule is O=C(CN(CC1CCCO1)C1CCS(=O)(=O)C1)Nc1cccc(Cl)c1Cl. The van der Waals surface area contributed by atoms with E-state index >= 15 is 0 Å². The molecule has 3 rings (SSSR count). The van der Waals surface area contributed by atoms with Gasteiger partial charge < -0.3 is 10.1 Å². The van der Waals surface area contributed by atoms with Gasteiger partial charge in [-0.2, -0.15) is 0 Å². The Morgan fingerprint density at radius 1 is 1.31 bits per heavy atom. The molecule has 2 unspecified atom stereocenters. The van der Waals surface area contributed by atoms with Crippen molar-refractivity contribution in [1.29, 1.82) is 0 Å². The molecule has 0 saturated carbocycles. The molecule has 0 spiro atoms. The van der Waals surface area contributed by atoms with Gasteiger partial charge in [0.15, 0.2) is 9.84 Å². The van der Waals surface area contributed by atoms with E-state index in [1.54, 1.807) is 18.2 Å². The number of anilines is 1. The number of hydrogen-bond donors (Lipinski definition) is 1. The molecule has 144 valence electrons. The Hall–Kier alpha value is -0.860. The molecule has 2 aliphatic heterocycles. The van der Waals surface area contributed by atoms with Crippen LogP contribution < -0.4 is 5.32 Å². The molecule has 2 aliphatic rings. The van der Waals surface area contributed by atoms with Crippen LogP contribution in [-0.2, 0) is 19.4 Å². The molecule has 2 heterocycles. The highest BCUT2D eigenvalue weighted by Crippen LogP contribution is 2.29. The van der Waals surface area contributed by atoms with E-state index < -0.39 is 9.84 Å². The molecular weight excluding hydrogens is 399 g/mol. The molecule has 1 amide bonds. The zero-order valence-corrected chi connectivity index (χ0v) is 16.6. The first-order valence-electron chi connectivity index (χ1n) is 8.64. The number of benzene rings is 1. The fourth-order valence-electron chi connectivity index (χ4n) is 3.43. The van der Waals surface area contributed by atoms with E-state index in [2.05, 4.69) is 5.32 Å². The molecule has 2 fully saturated rings. The van der Waals surface area contributed by atoms with Crippen LogP contribution in [-0.4, -0.2) is 62.6 Å². The van der Waals surface area contributed by atoms with Crippen molar-refractivity contribution in [2.24, 2.45) is 0 Å². The summed E-state index contributed by atoms with van der Waals surface area (Å²) in [6, 6.07) is 4.87. The normalized spacial score (nSPS) is 24.9. The topological polar surface area (TPSA) is 75.7 Å². The summed E-state index contributed by atoms with van der Waals surface area (Å²) < 4.78 is 29.4. The Labute approximate surface area is 163 Å². The summed E-state index contributed by atoms with van der Waals surface area (Å²) >= 11 is 12.1. The Kier molecular flexibility index (Phi) is 6.45. The number of hydrogen-bond acceptors (Lipinski definition) is 5. The fourth-order valence-corrected chi connectivity index (χ4v) is 5.54. The highest BCUT2D eigenvalue weighted by atomic mass is 35.5. The summed E-state index contributed by atoms with van der Waals surface area (Å²) in [6.45, 7) is 1.35. The van der Waals surface area contributed by atoms with Crippen LogP contribution >= 0.6 is 23.2 Å². The maximum Gasteiger partial charge on any atom is 0.238 e. The molecule has 1 N–H and O–H groups in total. The minimum absolute atomic E-state index is 0.0425. The zero-order chi connectivity index (χ0) is 18.7. The zero-order valence-electron chi connectivity index (χ0n) is 14.3. The Balaban J connectivity index is 1.67. The second-order valence-corrected chi connectivity index (χ2v) is 9.78. The number of amides is 1. The van der Waals surface area contributed by atoms with Gasteiger partial charge in [-0.3, -0.25) is 9.69 Å². The number of carbonyl (C=O) groups is 1. The molecule has 26 heavy (non-hydrogen) atoms. The van der Waals surface area contributed by atoms with Crippen molar-refractivity contribution in [2.75, 3.05) is 36.5 Å². The third-order valence-electron chi connectivity index (χ3n) is 4.76. The molecule has 0 bridgehead atoms. The fraction of sp³-hybridized carbons (Fsp3) is 0.588. The minimum Gasteiger partial charge on any atom is -0.377 e. The van der Waals surface area contributed by atoms with Crippen LogP contribution in [0.25, 0.3) is 0 Å². The first-order chi connectivity index (χ1) is 12.3. The first kappa shape index (κ1) is 19.9. The van der Waals surface area contributed by atoms with Gasteiger partial charge in [-0.25, -0.2) is 8.42 Å². The smallest absolute Gasteiger partial charge is 0.238 e. The second kappa shape index (κ2) is 8.44. The van der Waals surface area contributed by atoms with Crippen LogP contribution in [0.15, 0.2) is 18.2 Å². The minimum atomic E-state index is -3.03. The van der Waals surface area contributed by atoms with Gasteiger partial charge in [-0.05, 0) is 31.4 Å². The Morgan fingerprint density at radius 2 is 2.12 bits per heavy atom. The number of nitrogens with one attached hydrogen (secondary N) is 1. The van der Waals surface area contributed by atoms with Gasteiger partial charge in [0, 0.05) is 19.2 Å². The van der Waals surface area contributed by atoms with Gasteiger partial charge in [0.25, 0.3) is 0 Å². The molecule has 2 atom stereocenters. The molecule has 2 saturated heterocycles. The van der Waals surface area contributed by atoms with E-state index in [0.717, 1.165) is 12.8 Å². The van der Waals surface area contributed by atoms with Gasteiger partial charge in [-0.15, -0.1) is 0 Å². The van der Waals surface area contributed by atoms with Crippen molar-refractivity contribution in [3.05, 3.63) is 28.2 Å². The lowest BCUT2D eigenvalue weighted by Gasteiger charge is -2.29. The van der Waals surface area contributed by atoms with E-state index in [1.165, 1.54) is 0 Å². The third kappa shape index (κ3) is 5.10. The molecule has 6 nitrogen and oxygen atoms in total. The molecule has 1 aromatic carbocycles. The van der Waals surface area contributed by atoms with Gasteiger partial charge in [0.05, 0.1) is 39.9 Å². The van der Waals surface area contributed by atoms with Crippen molar-refractivity contribution in [2.45, 2.75) is 31.4 Å². The highest BCUT2D eigenvalue weighted by Gasteiger charge is 2.34. The van der Waals surface area contributed by atoms with Crippen LogP contribution in [0.3, 0.4) is 0 Å². The predicted octanol–water partition coefficient (Wildman–Crippen LogP) is 2.60. The van der Waals surface area contributed by atoms with Crippen LogP contribution in [0.2, 0.25) is 10.0 Å². The Morgan fingerprint density at radius 3 is 2.77 bits per heavy atom. The molecule has 9 heteroatoms. The lowest BCUT2D eigenvalue weighted by atomic mass is 10.1. The van der Waals surface area contributed by atoms with Crippen molar-refractivity contribution < 1.29 is 17.9 Å². The lowest BCUT2D eigenvalue weighted by Crippen LogP contribution is -2.45. The number of halogens is 2. The number of ether oxygens (including phenoxy) is 1. The largest absolute Gasteiger partial charge is 0.377 e. The number of nitrogens with zero attached hydrogens (tertiary/aromatic N) is 1. The summed E-state index contributed by atoms with van der Waals surface area (Å²) in [5.41, 5.74) is 0.445. The van der Waals surface area contributed by atoms with Crippen LogP contribution in [0.1, 0.15) is 19.3 Å². The summed E-state index contributed by atoms with van der Waals surface area (Å²) in [6.07, 6.45) is 2.50. The highest BCUT2D eigenvalue weighted by molar-refractivity contribution is 7.91. The molecule has 0 aliphatic carbocycles. The van der Waals surface area contributed by atoms with Crippen molar-refractivity contribution in [3.8, 4) is 0 Å². The third-order valence-corrected chi connectivity index (χ3v) is 7.33. The molecule has 0 aromatic heterocycles. The monoisotopic (exact) mass is 420 g/mol. The average molecular weight is 421 g/mol. The average Bonchev–Trinajstić information content (AvgIpc) is 3.20. The summed E-state index contributed by atoms with van der Waals surface area (Å²) in [4.78, 5) is 14.5. The van der Waals surface area contributed by atoms with Crippen LogP contribution in [0.5, 0.6) is 0 Å². The maximum absolute atomic E-state index is 12.5. The lowest BCUT2D eigenvalue weighted by molar-refractivity contribution is -0.118. The summed E-state index contributed by atoms with van der Waals surface area (Å²) in [5, 5.41) is 3.42. The molecule has 0 radical (unpaired) electrons. The van der Waals surface area contributed by atoms with E-state index in [4.69, 9.17) is 27.9 Å². The van der Waals surface area contributed by atoms with Gasteiger partial charge in [0.2, 0.25) is 5.91 Å². The molecule has 1 aromatic rings. The Bertz CT molecular complexity index is 766. The standard InChI is InChI=1S/C17H22Cl2N2O4S/c18-14-4-1-5-15(17(14)19)20-16(22)10-21(9-13-3-2-7-25-13)12-6-8-26(23,24)11-12/h1,4-5,12-13H,2-3,6-11H2,(H,20,22). The van der Waals surface area contributed by atoms with Crippen LogP contribution in [0, 0.1) is 0 Å². The van der Waals surface area contributed by atoms with E-state index in [1.807, 2.05) is 4.90 Å². The van der Waals surface area contributed by atoms with E-state index in [-0.39, 0.29) is 41.1 Å². The number of carbonyl (C=O) groups excluding carboxylic acids is 1. The summed E-state index contributed by atoms with van der Waals surface area (Å²) in [5.74, 6) is 0.00303. The maximum atomic E-state index is 12.5. The van der Waals surface area contributed by atoms with E-state index in [0.29, 0.717) is 30.3 Å². The van der Waals surface area contributed by atoms with E-state index in [9.17, 15) is 13.2 Å². The van der Waals surface area contributed by atoms with Gasteiger partial charge in [0.1, 0.15) is 0 Å². The van der Waals surface area contributed by atoms with Crippen molar-refractivity contribution in [1.82, 2.24) is 4.90 Å². The first-order valence-corrected chi connectivity index (χ1v) is 11.2.